The summed E-state index contributed by atoms with van der Waals surface area (Å²) in [5.41, 5.74) is 2.46. The zero-order valence-corrected chi connectivity index (χ0v) is 28.8. The minimum atomic E-state index is -3.51. The number of aromatic hydroxyl groups is 4. The molecule has 2 heterocycles. The van der Waals surface area contributed by atoms with E-state index in [0.717, 1.165) is 10.8 Å². The van der Waals surface area contributed by atoms with Crippen LogP contribution in [0.4, 0.5) is 5.69 Å². The number of benzene rings is 4. The zero-order chi connectivity index (χ0) is 38.9. The predicted molar refractivity (Wildman–Crippen MR) is 193 cm³/mol. The van der Waals surface area contributed by atoms with Crippen LogP contribution in [0.2, 0.25) is 0 Å². The van der Waals surface area contributed by atoms with Crippen molar-refractivity contribution in [3.63, 3.8) is 0 Å². The fourth-order valence-corrected chi connectivity index (χ4v) is 7.15. The fourth-order valence-electron chi connectivity index (χ4n) is 4.67. The Hall–Kier alpha value is -7.01. The van der Waals surface area contributed by atoms with Crippen molar-refractivity contribution < 1.29 is 51.6 Å². The molecule has 5 N–H and O–H groups in total. The molecule has 0 saturated heterocycles. The van der Waals surface area contributed by atoms with E-state index in [9.17, 15) is 46.7 Å². The van der Waals surface area contributed by atoms with Crippen LogP contribution in [0, 0.1) is 17.9 Å². The minimum Gasteiger partial charge on any atom is -0.504 e. The van der Waals surface area contributed by atoms with Crippen molar-refractivity contribution >= 4 is 61.6 Å². The Morgan fingerprint density at radius 2 is 1.30 bits per heavy atom. The highest BCUT2D eigenvalue weighted by atomic mass is 32.2. The maximum Gasteiger partial charge on any atom is 0.272 e. The summed E-state index contributed by atoms with van der Waals surface area (Å²) in [6.45, 7) is 6.42. The minimum absolute atomic E-state index is 0.0845. The van der Waals surface area contributed by atoms with Crippen molar-refractivity contribution in [2.75, 3.05) is 11.9 Å². The van der Waals surface area contributed by atoms with E-state index in [1.165, 1.54) is 72.8 Å². The molecule has 0 spiro atoms. The number of anilines is 1. The first-order valence-electron chi connectivity index (χ1n) is 15.0. The van der Waals surface area contributed by atoms with Gasteiger partial charge in [-0.1, -0.05) is 24.3 Å². The summed E-state index contributed by atoms with van der Waals surface area (Å²) in [7, 11) is -6.84. The quantitative estimate of drug-likeness (QED) is 0.0563. The van der Waals surface area contributed by atoms with Gasteiger partial charge in [0.1, 0.15) is 17.9 Å². The molecule has 6 rings (SSSR count). The highest BCUT2D eigenvalue weighted by Crippen LogP contribution is 2.31. The highest BCUT2D eigenvalue weighted by Gasteiger charge is 2.22. The van der Waals surface area contributed by atoms with E-state index in [2.05, 4.69) is 10.2 Å². The topological polar surface area (TPSA) is 241 Å². The molecule has 2 aliphatic heterocycles. The number of carbonyl (C=O) groups is 3. The maximum atomic E-state index is 12.3. The molecule has 0 fully saturated rings. The number of Topliss-reactive ketones (excluding diaryl/α,β-unsaturated/α-hetero) is 1. The van der Waals surface area contributed by atoms with Gasteiger partial charge in [-0.3, -0.25) is 14.4 Å². The van der Waals surface area contributed by atoms with Gasteiger partial charge in [0.2, 0.25) is 15.6 Å². The second-order valence-electron chi connectivity index (χ2n) is 11.1. The lowest BCUT2D eigenvalue weighted by atomic mass is 10.1. The van der Waals surface area contributed by atoms with Crippen molar-refractivity contribution in [3.8, 4) is 29.1 Å². The Kier molecular flexibility index (Phi) is 12.0. The molecule has 14 nitrogen and oxygen atoms in total. The summed E-state index contributed by atoms with van der Waals surface area (Å²) < 4.78 is 46.9. The third-order valence-electron chi connectivity index (χ3n) is 7.28. The Morgan fingerprint density at radius 1 is 0.755 bits per heavy atom. The van der Waals surface area contributed by atoms with Gasteiger partial charge in [0, 0.05) is 28.5 Å². The van der Waals surface area contributed by atoms with E-state index in [0.29, 0.717) is 34.1 Å². The van der Waals surface area contributed by atoms with Crippen LogP contribution < -0.4 is 5.32 Å². The molecule has 0 bridgehead atoms. The first-order chi connectivity index (χ1) is 25.1. The molecule has 4 aromatic carbocycles. The fraction of sp³-hybridized carbons (Fsp3) is 0.0541. The third kappa shape index (κ3) is 9.83. The second kappa shape index (κ2) is 16.3. The molecule has 0 atom stereocenters. The number of hydrogen-bond acceptors (Lipinski definition) is 12. The van der Waals surface area contributed by atoms with Gasteiger partial charge in [-0.15, -0.1) is 0 Å². The van der Waals surface area contributed by atoms with Crippen LogP contribution in [0.25, 0.3) is 23.1 Å². The molecule has 4 aromatic rings. The van der Waals surface area contributed by atoms with Gasteiger partial charge >= 0.3 is 0 Å². The summed E-state index contributed by atoms with van der Waals surface area (Å²) >= 11 is 0. The molecule has 53 heavy (non-hydrogen) atoms. The Labute approximate surface area is 303 Å². The number of rotatable bonds is 7. The van der Waals surface area contributed by atoms with E-state index in [4.69, 9.17) is 16.8 Å². The molecule has 2 aliphatic rings. The lowest BCUT2D eigenvalue weighted by molar-refractivity contribution is -0.116. The number of sulfone groups is 2. The van der Waals surface area contributed by atoms with Crippen LogP contribution in [-0.4, -0.2) is 61.8 Å². The maximum absolute atomic E-state index is 12.3. The number of ketones is 1. The van der Waals surface area contributed by atoms with Crippen molar-refractivity contribution in [2.24, 2.45) is 0 Å². The Balaban J connectivity index is 0.000000198. The molecular formula is C37H27N3O11S2. The van der Waals surface area contributed by atoms with Gasteiger partial charge in [-0.05, 0) is 89.0 Å². The Bertz CT molecular complexity index is 2540. The number of nitrogens with zero attached hydrogens (tertiary/aromatic N) is 2. The number of nitrogens with one attached hydrogen (secondary N) is 1. The molecule has 0 unspecified atom stereocenters. The number of carbonyl (C=O) groups excluding carboxylic acids is 3. The van der Waals surface area contributed by atoms with Crippen LogP contribution >= 0.6 is 0 Å². The van der Waals surface area contributed by atoms with Crippen LogP contribution in [0.15, 0.2) is 99.0 Å². The normalized spacial score (nSPS) is 13.7. The average Bonchev–Trinajstić information content (AvgIpc) is 3.60. The smallest absolute Gasteiger partial charge is 0.272 e. The van der Waals surface area contributed by atoms with Gasteiger partial charge in [0.05, 0.1) is 9.79 Å². The summed E-state index contributed by atoms with van der Waals surface area (Å²) in [4.78, 5) is 37.0. The van der Waals surface area contributed by atoms with E-state index < -0.39 is 25.6 Å². The van der Waals surface area contributed by atoms with E-state index in [-0.39, 0.29) is 62.8 Å². The van der Waals surface area contributed by atoms with Gasteiger partial charge in [-0.2, -0.15) is 5.26 Å². The van der Waals surface area contributed by atoms with E-state index in [1.807, 2.05) is 0 Å². The molecule has 268 valence electrons. The number of hydrogen-bond donors (Lipinski definition) is 5. The van der Waals surface area contributed by atoms with Crippen LogP contribution in [0.3, 0.4) is 0 Å². The lowest BCUT2D eigenvalue weighted by Crippen LogP contribution is -2.13. The number of fused-ring (bicyclic) bond motifs is 2. The van der Waals surface area contributed by atoms with Gasteiger partial charge in [0.25, 0.3) is 12.5 Å². The summed E-state index contributed by atoms with van der Waals surface area (Å²) in [5, 5.41) is 50.3. The van der Waals surface area contributed by atoms with Crippen molar-refractivity contribution in [1.29, 1.82) is 5.26 Å². The van der Waals surface area contributed by atoms with Crippen LogP contribution in [0.5, 0.6) is 23.0 Å². The highest BCUT2D eigenvalue weighted by molar-refractivity contribution is 7.95. The summed E-state index contributed by atoms with van der Waals surface area (Å²) in [6, 6.07) is 18.8. The summed E-state index contributed by atoms with van der Waals surface area (Å²) in [6.07, 6.45) is 4.94. The summed E-state index contributed by atoms with van der Waals surface area (Å²) in [5.74, 6) is -2.13. The number of amides is 1. The molecule has 0 aromatic heterocycles. The SMILES string of the molecule is N#C/C(=C\c1ccc(O)c(O)c1)C(=O)Nc1ccc2c(c1)S(=O)(=O)C=C2.O=Cc1ccc(O)c(O)c1.[C-]#[N+]CC(=O)Cc1ccc2c(c1)S(=O)(=O)C=C2. The first kappa shape index (κ1) is 38.8. The van der Waals surface area contributed by atoms with E-state index >= 15 is 0 Å². The van der Waals surface area contributed by atoms with Crippen LogP contribution in [-0.2, 0) is 35.7 Å². The first-order valence-corrected chi connectivity index (χ1v) is 18.1. The molecule has 0 radical (unpaired) electrons. The number of phenolic OH excluding ortho intramolecular Hbond substituents is 4. The van der Waals surface area contributed by atoms with E-state index in [1.54, 1.807) is 24.3 Å². The standard InChI is InChI=1S/C18H12N2O5S.C12H9NO3S.C7H6O3/c19-10-13(7-11-1-4-15(21)16(22)8-11)18(23)20-14-3-2-12-5-6-26(24,25)17(12)9-14;1-13-8-11(14)6-9-2-3-10-4-5-17(15,16)12(10)7-9;8-4-5-1-2-6(9)7(10)3-5/h1-9,21-22H,(H,20,23);2-5,7H,6,8H2;1-4,9-10H/b13-7+;;. The number of phenols is 4. The molecular weight excluding hydrogens is 727 g/mol. The molecule has 0 saturated carbocycles. The largest absolute Gasteiger partial charge is 0.504 e. The molecule has 1 amide bonds. The Morgan fingerprint density at radius 3 is 1.85 bits per heavy atom. The molecule has 0 aliphatic carbocycles. The van der Waals surface area contributed by atoms with Gasteiger partial charge in [0.15, 0.2) is 32.8 Å². The van der Waals surface area contributed by atoms with Crippen LogP contribution in [0.1, 0.15) is 32.6 Å². The van der Waals surface area contributed by atoms with Crippen molar-refractivity contribution in [3.05, 3.63) is 128 Å². The lowest BCUT2D eigenvalue weighted by Gasteiger charge is -2.07. The van der Waals surface area contributed by atoms with Gasteiger partial charge in [-0.25, -0.2) is 23.4 Å². The van der Waals surface area contributed by atoms with Gasteiger partial charge < -0.3 is 30.6 Å². The zero-order valence-electron chi connectivity index (χ0n) is 27.2. The van der Waals surface area contributed by atoms with Crippen molar-refractivity contribution in [2.45, 2.75) is 16.2 Å². The number of aldehydes is 1. The monoisotopic (exact) mass is 753 g/mol. The predicted octanol–water partition coefficient (Wildman–Crippen LogP) is 4.79. The van der Waals surface area contributed by atoms with Crippen molar-refractivity contribution in [1.82, 2.24) is 0 Å². The third-order valence-corrected chi connectivity index (χ3v) is 10.2. The number of nitriles is 1. The second-order valence-corrected chi connectivity index (χ2v) is 14.7. The molecule has 16 heteroatoms. The average molecular weight is 754 g/mol.